The van der Waals surface area contributed by atoms with Gasteiger partial charge >= 0.3 is 5.97 Å². The monoisotopic (exact) mass is 523 g/mol. The Morgan fingerprint density at radius 1 is 0.872 bits per heavy atom. The molecule has 6 heteroatoms. The van der Waals surface area contributed by atoms with Crippen LogP contribution in [0, 0.1) is 5.41 Å². The number of rotatable bonds is 8. The van der Waals surface area contributed by atoms with Crippen LogP contribution in [0.15, 0.2) is 107 Å². The lowest BCUT2D eigenvalue weighted by Gasteiger charge is -2.39. The molecule has 200 valence electrons. The number of dihydropyridines is 1. The number of carbonyl (C=O) groups excluding carboxylic acids is 2. The summed E-state index contributed by atoms with van der Waals surface area (Å²) >= 11 is 0. The molecule has 2 aliphatic rings. The molecule has 5 rings (SSSR count). The van der Waals surface area contributed by atoms with Gasteiger partial charge in [0, 0.05) is 29.3 Å². The van der Waals surface area contributed by atoms with Crippen LogP contribution in [0.1, 0.15) is 45.1 Å². The lowest BCUT2D eigenvalue weighted by molar-refractivity contribution is -0.140. The number of esters is 1. The molecule has 6 nitrogen and oxygen atoms in total. The number of hydrogen-bond acceptors (Lipinski definition) is 6. The largest absolute Gasteiger partial charge is 0.490 e. The Morgan fingerprint density at radius 2 is 1.54 bits per heavy atom. The average Bonchev–Trinajstić information content (AvgIpc) is 2.91. The number of ketones is 1. The first-order valence-corrected chi connectivity index (χ1v) is 13.2. The number of para-hydroxylation sites is 2. The third-order valence-corrected chi connectivity index (χ3v) is 6.96. The fourth-order valence-electron chi connectivity index (χ4n) is 5.31. The van der Waals surface area contributed by atoms with Crippen LogP contribution in [-0.4, -0.2) is 25.0 Å². The maximum absolute atomic E-state index is 13.6. The number of hydrogen-bond donors (Lipinski definition) is 1. The summed E-state index contributed by atoms with van der Waals surface area (Å²) in [6.07, 6.45) is 1.13. The van der Waals surface area contributed by atoms with Crippen molar-refractivity contribution in [1.82, 2.24) is 5.32 Å². The first kappa shape index (κ1) is 26.3. The molecule has 0 bridgehead atoms. The highest BCUT2D eigenvalue weighted by Gasteiger charge is 2.43. The van der Waals surface area contributed by atoms with Gasteiger partial charge in [0.2, 0.25) is 0 Å². The summed E-state index contributed by atoms with van der Waals surface area (Å²) in [6, 6.07) is 26.5. The number of allylic oxidation sites excluding steroid dienone is 3. The standard InChI is InChI=1S/C33H33NO5/c1-22-29(32(36)38-18-17-37-24-12-6-4-7-13-24)30(31-27(34-22)20-33(2,3)21-28(31)35)23-11-10-16-26(19-23)39-25-14-8-5-9-15-25/h4-16,19,30,34H,17-18,20-21H2,1-3H3/t30-/m0/s1. The second-order valence-electron chi connectivity index (χ2n) is 10.7. The Kier molecular flexibility index (Phi) is 7.55. The Hall–Kier alpha value is -4.32. The Bertz CT molecular complexity index is 1420. The van der Waals surface area contributed by atoms with E-state index >= 15 is 0 Å². The molecular formula is C33H33NO5. The highest BCUT2D eigenvalue weighted by Crippen LogP contribution is 2.47. The molecule has 39 heavy (non-hydrogen) atoms. The van der Waals surface area contributed by atoms with Gasteiger partial charge in [0.25, 0.3) is 0 Å². The molecule has 1 N–H and O–H groups in total. The van der Waals surface area contributed by atoms with Crippen molar-refractivity contribution in [3.05, 3.63) is 113 Å². The molecular weight excluding hydrogens is 490 g/mol. The van der Waals surface area contributed by atoms with E-state index in [1.54, 1.807) is 0 Å². The van der Waals surface area contributed by atoms with Crippen LogP contribution in [0.2, 0.25) is 0 Å². The first-order chi connectivity index (χ1) is 18.8. The van der Waals surface area contributed by atoms with Gasteiger partial charge in [0.05, 0.1) is 5.57 Å². The second kappa shape index (κ2) is 11.2. The van der Waals surface area contributed by atoms with Crippen LogP contribution in [0.5, 0.6) is 17.2 Å². The molecule has 0 saturated heterocycles. The van der Waals surface area contributed by atoms with E-state index in [-0.39, 0.29) is 24.4 Å². The lowest BCUT2D eigenvalue weighted by Crippen LogP contribution is -2.38. The van der Waals surface area contributed by atoms with E-state index in [4.69, 9.17) is 14.2 Å². The van der Waals surface area contributed by atoms with Gasteiger partial charge in [-0.1, -0.05) is 62.4 Å². The summed E-state index contributed by atoms with van der Waals surface area (Å²) in [6.45, 7) is 6.36. The Balaban J connectivity index is 1.44. The van der Waals surface area contributed by atoms with Gasteiger partial charge in [-0.15, -0.1) is 0 Å². The SMILES string of the molecule is CC1=C(C(=O)OCCOc2ccccc2)[C@H](c2cccc(Oc3ccccc3)c2)C2=C(CC(C)(C)CC2=O)N1. The van der Waals surface area contributed by atoms with Crippen molar-refractivity contribution in [3.63, 3.8) is 0 Å². The molecule has 0 saturated carbocycles. The maximum Gasteiger partial charge on any atom is 0.336 e. The molecule has 0 fully saturated rings. The Morgan fingerprint density at radius 3 is 2.26 bits per heavy atom. The molecule has 3 aromatic carbocycles. The molecule has 0 unspecified atom stereocenters. The summed E-state index contributed by atoms with van der Waals surface area (Å²) < 4.78 is 17.5. The molecule has 1 heterocycles. The zero-order valence-electron chi connectivity index (χ0n) is 22.5. The molecule has 1 aliphatic heterocycles. The van der Waals surface area contributed by atoms with E-state index in [0.717, 1.165) is 17.7 Å². The normalized spacial score (nSPS) is 18.2. The highest BCUT2D eigenvalue weighted by molar-refractivity contribution is 6.04. The number of ether oxygens (including phenoxy) is 3. The van der Waals surface area contributed by atoms with Crippen LogP contribution < -0.4 is 14.8 Å². The smallest absolute Gasteiger partial charge is 0.336 e. The number of carbonyl (C=O) groups is 2. The number of Topliss-reactive ketones (excluding diaryl/α,β-unsaturated/α-hetero) is 1. The van der Waals surface area contributed by atoms with Crippen molar-refractivity contribution in [1.29, 1.82) is 0 Å². The quantitative estimate of drug-likeness (QED) is 0.261. The summed E-state index contributed by atoms with van der Waals surface area (Å²) in [4.78, 5) is 27.1. The third kappa shape index (κ3) is 6.06. The van der Waals surface area contributed by atoms with E-state index in [1.807, 2.05) is 91.9 Å². The summed E-state index contributed by atoms with van der Waals surface area (Å²) in [5.74, 6) is 1.05. The minimum Gasteiger partial charge on any atom is -0.490 e. The highest BCUT2D eigenvalue weighted by atomic mass is 16.6. The van der Waals surface area contributed by atoms with E-state index in [0.29, 0.717) is 40.5 Å². The first-order valence-electron chi connectivity index (χ1n) is 13.2. The number of benzene rings is 3. The third-order valence-electron chi connectivity index (χ3n) is 6.96. The van der Waals surface area contributed by atoms with Crippen LogP contribution >= 0.6 is 0 Å². The lowest BCUT2D eigenvalue weighted by atomic mass is 9.68. The zero-order valence-corrected chi connectivity index (χ0v) is 22.5. The van der Waals surface area contributed by atoms with Crippen LogP contribution in [0.25, 0.3) is 0 Å². The van der Waals surface area contributed by atoms with Crippen molar-refractivity contribution < 1.29 is 23.8 Å². The van der Waals surface area contributed by atoms with Gasteiger partial charge < -0.3 is 19.5 Å². The fourth-order valence-corrected chi connectivity index (χ4v) is 5.31. The van der Waals surface area contributed by atoms with Crippen molar-refractivity contribution in [3.8, 4) is 17.2 Å². The minimum absolute atomic E-state index is 0.0401. The summed E-state index contributed by atoms with van der Waals surface area (Å²) in [7, 11) is 0. The van der Waals surface area contributed by atoms with Gasteiger partial charge in [0.1, 0.15) is 30.5 Å². The van der Waals surface area contributed by atoms with Crippen LogP contribution in [0.3, 0.4) is 0 Å². The topological polar surface area (TPSA) is 73.9 Å². The van der Waals surface area contributed by atoms with Crippen molar-refractivity contribution in [2.75, 3.05) is 13.2 Å². The minimum atomic E-state index is -0.563. The molecule has 3 aromatic rings. The van der Waals surface area contributed by atoms with Crippen molar-refractivity contribution >= 4 is 11.8 Å². The average molecular weight is 524 g/mol. The molecule has 0 spiro atoms. The van der Waals surface area contributed by atoms with Crippen LogP contribution in [-0.2, 0) is 14.3 Å². The molecule has 0 radical (unpaired) electrons. The van der Waals surface area contributed by atoms with Gasteiger partial charge in [-0.3, -0.25) is 4.79 Å². The number of nitrogens with one attached hydrogen (secondary N) is 1. The molecule has 1 atom stereocenters. The molecule has 0 amide bonds. The maximum atomic E-state index is 13.6. The molecule has 0 aromatic heterocycles. The van der Waals surface area contributed by atoms with Gasteiger partial charge in [-0.05, 0) is 60.7 Å². The van der Waals surface area contributed by atoms with Gasteiger partial charge in [-0.25, -0.2) is 4.79 Å². The van der Waals surface area contributed by atoms with E-state index in [9.17, 15) is 9.59 Å². The second-order valence-corrected chi connectivity index (χ2v) is 10.7. The summed E-state index contributed by atoms with van der Waals surface area (Å²) in [5.41, 5.74) is 3.25. The van der Waals surface area contributed by atoms with Gasteiger partial charge in [0.15, 0.2) is 5.78 Å². The van der Waals surface area contributed by atoms with Crippen LogP contribution in [0.4, 0.5) is 0 Å². The van der Waals surface area contributed by atoms with E-state index in [2.05, 4.69) is 19.2 Å². The fraction of sp³-hybridized carbons (Fsp3) is 0.273. The van der Waals surface area contributed by atoms with E-state index in [1.165, 1.54) is 0 Å². The summed E-state index contributed by atoms with van der Waals surface area (Å²) in [5, 5.41) is 3.38. The Labute approximate surface area is 229 Å². The zero-order chi connectivity index (χ0) is 27.4. The van der Waals surface area contributed by atoms with E-state index < -0.39 is 11.9 Å². The predicted molar refractivity (Wildman–Crippen MR) is 149 cm³/mol. The predicted octanol–water partition coefficient (Wildman–Crippen LogP) is 6.71. The van der Waals surface area contributed by atoms with Gasteiger partial charge in [-0.2, -0.15) is 0 Å². The van der Waals surface area contributed by atoms with Crippen molar-refractivity contribution in [2.24, 2.45) is 5.41 Å². The van der Waals surface area contributed by atoms with Crippen molar-refractivity contribution in [2.45, 2.75) is 39.5 Å². The molecule has 1 aliphatic carbocycles.